The van der Waals surface area contributed by atoms with E-state index in [1.54, 1.807) is 6.07 Å². The van der Waals surface area contributed by atoms with Crippen LogP contribution in [0.1, 0.15) is 23.2 Å². The van der Waals surface area contributed by atoms with Gasteiger partial charge in [-0.1, -0.05) is 15.9 Å². The second-order valence-corrected chi connectivity index (χ2v) is 7.92. The van der Waals surface area contributed by atoms with Gasteiger partial charge in [0.1, 0.15) is 0 Å². The number of Topliss-reactive ketones (excluding diaryl/α,β-unsaturated/α-hetero) is 2. The monoisotopic (exact) mass is 369 g/mol. The number of carbonyl (C=O) groups is 2. The summed E-state index contributed by atoms with van der Waals surface area (Å²) < 4.78 is 24.1. The Balaban J connectivity index is 2.48. The van der Waals surface area contributed by atoms with Gasteiger partial charge in [-0.15, -0.1) is 0 Å². The zero-order valence-corrected chi connectivity index (χ0v) is 13.6. The molecule has 7 heteroatoms. The van der Waals surface area contributed by atoms with Crippen LogP contribution >= 0.6 is 15.9 Å². The number of nitrogens with zero attached hydrogens (tertiary/aromatic N) is 1. The van der Waals surface area contributed by atoms with Crippen molar-refractivity contribution in [3.63, 3.8) is 0 Å². The summed E-state index contributed by atoms with van der Waals surface area (Å²) in [6.07, 6.45) is 2.35. The van der Waals surface area contributed by atoms with E-state index in [0.717, 1.165) is 6.26 Å². The van der Waals surface area contributed by atoms with Gasteiger partial charge in [0, 0.05) is 22.2 Å². The van der Waals surface area contributed by atoms with Crippen molar-refractivity contribution < 1.29 is 18.0 Å². The molecule has 1 atom stereocenters. The summed E-state index contributed by atoms with van der Waals surface area (Å²) in [6.45, 7) is 0. The third kappa shape index (κ3) is 3.39. The number of sulfone groups is 1. The Morgan fingerprint density at radius 3 is 2.48 bits per heavy atom. The van der Waals surface area contributed by atoms with Gasteiger partial charge in [0.25, 0.3) is 0 Å². The SMILES string of the molecule is CS(=O)(=O)c1cc(Br)ccc1C(=O)C(C#N)C(=O)C1CC1. The van der Waals surface area contributed by atoms with E-state index in [4.69, 9.17) is 5.26 Å². The molecule has 0 spiro atoms. The highest BCUT2D eigenvalue weighted by Gasteiger charge is 2.39. The highest BCUT2D eigenvalue weighted by atomic mass is 79.9. The minimum atomic E-state index is -3.64. The number of carbonyl (C=O) groups excluding carboxylic acids is 2. The van der Waals surface area contributed by atoms with E-state index in [0.29, 0.717) is 17.3 Å². The minimum absolute atomic E-state index is 0.110. The molecule has 0 N–H and O–H groups in total. The smallest absolute Gasteiger partial charge is 0.188 e. The molecule has 0 aliphatic heterocycles. The average Bonchev–Trinajstić information content (AvgIpc) is 3.22. The molecule has 21 heavy (non-hydrogen) atoms. The molecule has 0 aromatic heterocycles. The van der Waals surface area contributed by atoms with E-state index in [2.05, 4.69) is 15.9 Å². The van der Waals surface area contributed by atoms with Gasteiger partial charge in [0.15, 0.2) is 27.3 Å². The number of benzene rings is 1. The molecule has 1 saturated carbocycles. The molecule has 0 saturated heterocycles. The van der Waals surface area contributed by atoms with Gasteiger partial charge in [-0.2, -0.15) is 5.26 Å². The first-order chi connectivity index (χ1) is 9.75. The van der Waals surface area contributed by atoms with Crippen LogP contribution < -0.4 is 0 Å². The lowest BCUT2D eigenvalue weighted by atomic mass is 9.92. The van der Waals surface area contributed by atoms with E-state index in [-0.39, 0.29) is 16.4 Å². The summed E-state index contributed by atoms with van der Waals surface area (Å²) in [5.74, 6) is -2.83. The average molecular weight is 370 g/mol. The van der Waals surface area contributed by atoms with Gasteiger partial charge >= 0.3 is 0 Å². The Labute approximate surface area is 131 Å². The fourth-order valence-corrected chi connectivity index (χ4v) is 3.44. The first-order valence-electron chi connectivity index (χ1n) is 6.23. The van der Waals surface area contributed by atoms with Crippen LogP contribution in [-0.2, 0) is 14.6 Å². The predicted octanol–water partition coefficient (Wildman–Crippen LogP) is 2.15. The van der Waals surface area contributed by atoms with Gasteiger partial charge in [-0.05, 0) is 31.0 Å². The number of hydrogen-bond acceptors (Lipinski definition) is 5. The highest BCUT2D eigenvalue weighted by Crippen LogP contribution is 2.34. The minimum Gasteiger partial charge on any atom is -0.297 e. The zero-order chi connectivity index (χ0) is 15.8. The van der Waals surface area contributed by atoms with Crippen molar-refractivity contribution >= 4 is 37.3 Å². The third-order valence-corrected chi connectivity index (χ3v) is 4.89. The zero-order valence-electron chi connectivity index (χ0n) is 11.2. The molecular formula is C14H12BrNO4S. The molecule has 0 radical (unpaired) electrons. The maximum Gasteiger partial charge on any atom is 0.188 e. The molecule has 1 aromatic rings. The van der Waals surface area contributed by atoms with Crippen LogP contribution in [0, 0.1) is 23.2 Å². The van der Waals surface area contributed by atoms with Crippen molar-refractivity contribution in [3.05, 3.63) is 28.2 Å². The molecule has 1 aliphatic rings. The quantitative estimate of drug-likeness (QED) is 0.585. The van der Waals surface area contributed by atoms with Gasteiger partial charge < -0.3 is 0 Å². The van der Waals surface area contributed by atoms with Crippen LogP contribution in [-0.4, -0.2) is 26.2 Å². The van der Waals surface area contributed by atoms with Crippen molar-refractivity contribution in [2.75, 3.05) is 6.26 Å². The second-order valence-electron chi connectivity index (χ2n) is 5.02. The van der Waals surface area contributed by atoms with Gasteiger partial charge in [0.05, 0.1) is 11.0 Å². The molecule has 5 nitrogen and oxygen atoms in total. The number of rotatable bonds is 5. The largest absolute Gasteiger partial charge is 0.297 e. The maximum atomic E-state index is 12.4. The van der Waals surface area contributed by atoms with E-state index < -0.39 is 27.3 Å². The Morgan fingerprint density at radius 2 is 2.00 bits per heavy atom. The highest BCUT2D eigenvalue weighted by molar-refractivity contribution is 9.10. The molecule has 1 fully saturated rings. The summed E-state index contributed by atoms with van der Waals surface area (Å²) in [7, 11) is -3.64. The van der Waals surface area contributed by atoms with Crippen LogP contribution in [0.15, 0.2) is 27.6 Å². The maximum absolute atomic E-state index is 12.4. The van der Waals surface area contributed by atoms with Crippen molar-refractivity contribution in [1.29, 1.82) is 5.26 Å². The van der Waals surface area contributed by atoms with E-state index >= 15 is 0 Å². The van der Waals surface area contributed by atoms with Crippen LogP contribution in [0.2, 0.25) is 0 Å². The Kier molecular flexibility index (Phi) is 4.30. The summed E-state index contributed by atoms with van der Waals surface area (Å²) in [4.78, 5) is 24.2. The molecule has 1 aromatic carbocycles. The van der Waals surface area contributed by atoms with Gasteiger partial charge in [-0.25, -0.2) is 8.42 Å². The Bertz CT molecular complexity index is 760. The molecular weight excluding hydrogens is 358 g/mol. The molecule has 2 rings (SSSR count). The van der Waals surface area contributed by atoms with Gasteiger partial charge in [-0.3, -0.25) is 9.59 Å². The van der Waals surface area contributed by atoms with E-state index in [1.165, 1.54) is 18.2 Å². The molecule has 110 valence electrons. The van der Waals surface area contributed by atoms with E-state index in [9.17, 15) is 18.0 Å². The molecule has 1 unspecified atom stereocenters. The Hall–Kier alpha value is -1.52. The van der Waals surface area contributed by atoms with E-state index in [1.807, 2.05) is 0 Å². The summed E-state index contributed by atoms with van der Waals surface area (Å²) in [5, 5.41) is 9.10. The van der Waals surface area contributed by atoms with Crippen molar-refractivity contribution in [3.8, 4) is 6.07 Å². The lowest BCUT2D eigenvalue weighted by Gasteiger charge is -2.11. The van der Waals surface area contributed by atoms with Crippen molar-refractivity contribution in [2.24, 2.45) is 11.8 Å². The van der Waals surface area contributed by atoms with Crippen molar-refractivity contribution in [1.82, 2.24) is 0 Å². The third-order valence-electron chi connectivity index (χ3n) is 3.26. The van der Waals surface area contributed by atoms with Gasteiger partial charge in [0.2, 0.25) is 0 Å². The fraction of sp³-hybridized carbons (Fsp3) is 0.357. The molecule has 0 bridgehead atoms. The summed E-state index contributed by atoms with van der Waals surface area (Å²) in [5.41, 5.74) is -0.110. The molecule has 1 aliphatic carbocycles. The molecule has 0 amide bonds. The summed E-state index contributed by atoms with van der Waals surface area (Å²) >= 11 is 3.15. The lowest BCUT2D eigenvalue weighted by Crippen LogP contribution is -2.25. The predicted molar refractivity (Wildman–Crippen MR) is 78.4 cm³/mol. The number of halogens is 1. The van der Waals surface area contributed by atoms with Crippen LogP contribution in [0.5, 0.6) is 0 Å². The normalized spacial score (nSPS) is 16.0. The first kappa shape index (κ1) is 15.9. The van der Waals surface area contributed by atoms with Crippen LogP contribution in [0.25, 0.3) is 0 Å². The van der Waals surface area contributed by atoms with Crippen LogP contribution in [0.3, 0.4) is 0 Å². The standard InChI is InChI=1S/C14H12BrNO4S/c1-21(19,20)12-6-9(15)4-5-10(12)14(18)11(7-16)13(17)8-2-3-8/h4-6,8,11H,2-3H2,1H3. The second kappa shape index (κ2) is 5.70. The lowest BCUT2D eigenvalue weighted by molar-refractivity contribution is -0.121. The number of nitriles is 1. The topological polar surface area (TPSA) is 92.1 Å². The molecule has 0 heterocycles. The summed E-state index contributed by atoms with van der Waals surface area (Å²) in [6, 6.07) is 5.85. The fourth-order valence-electron chi connectivity index (χ4n) is 2.02. The van der Waals surface area contributed by atoms with Crippen LogP contribution in [0.4, 0.5) is 0 Å². The Morgan fingerprint density at radius 1 is 1.38 bits per heavy atom. The first-order valence-corrected chi connectivity index (χ1v) is 8.91. The van der Waals surface area contributed by atoms with Crippen molar-refractivity contribution in [2.45, 2.75) is 17.7 Å². The number of hydrogen-bond donors (Lipinski definition) is 0. The number of ketones is 2.